The number of carbonyl (C=O) groups is 1. The van der Waals surface area contributed by atoms with Crippen LogP contribution in [0.4, 0.5) is 0 Å². The van der Waals surface area contributed by atoms with Gasteiger partial charge >= 0.3 is 0 Å². The van der Waals surface area contributed by atoms with Gasteiger partial charge in [0.05, 0.1) is 5.76 Å². The molecular weight excluding hydrogens is 332 g/mol. The molecule has 2 rings (SSSR count). The summed E-state index contributed by atoms with van der Waals surface area (Å²) in [6.45, 7) is 13.2. The molecule has 3 atom stereocenters. The van der Waals surface area contributed by atoms with Gasteiger partial charge in [0.1, 0.15) is 19.6 Å². The van der Waals surface area contributed by atoms with Crippen LogP contribution in [0.2, 0.25) is 39.3 Å². The lowest BCUT2D eigenvalue weighted by molar-refractivity contribution is -0.139. The maximum Gasteiger partial charge on any atom is 0.241 e. The molecular formula is C19H32O3Si2. The molecule has 3 nitrogen and oxygen atoms in total. The summed E-state index contributed by atoms with van der Waals surface area (Å²) in [5, 5.41) is 0. The standard InChI is InChI=1S/C19H32O3Si2/c1-21-18-14-16(22-24(5,6)7)13-15-9-8-10-17(20)19(15,18)11-12-23(2,3)4/h14-15,18H,8-10,13H2,1-7H3/t15-,18+,19+/m1/s1. The number of hydrogen-bond acceptors (Lipinski definition) is 3. The van der Waals surface area contributed by atoms with E-state index in [0.717, 1.165) is 25.0 Å². The van der Waals surface area contributed by atoms with Gasteiger partial charge in [-0.1, -0.05) is 25.6 Å². The number of methoxy groups -OCH3 is 1. The third kappa shape index (κ3) is 4.22. The van der Waals surface area contributed by atoms with Gasteiger partial charge in [0, 0.05) is 20.0 Å². The van der Waals surface area contributed by atoms with Crippen molar-refractivity contribution in [2.24, 2.45) is 11.3 Å². The lowest BCUT2D eigenvalue weighted by Gasteiger charge is -2.46. The fourth-order valence-electron chi connectivity index (χ4n) is 3.69. The van der Waals surface area contributed by atoms with E-state index in [1.54, 1.807) is 7.11 Å². The lowest BCUT2D eigenvalue weighted by Crippen LogP contribution is -2.52. The summed E-state index contributed by atoms with van der Waals surface area (Å²) < 4.78 is 12.1. The van der Waals surface area contributed by atoms with Crippen LogP contribution in [0.15, 0.2) is 11.8 Å². The molecule has 0 N–H and O–H groups in total. The molecule has 5 heteroatoms. The number of fused-ring (bicyclic) bond motifs is 1. The summed E-state index contributed by atoms with van der Waals surface area (Å²) in [7, 11) is -1.55. The van der Waals surface area contributed by atoms with E-state index < -0.39 is 21.8 Å². The van der Waals surface area contributed by atoms with Gasteiger partial charge in [-0.3, -0.25) is 4.79 Å². The lowest BCUT2D eigenvalue weighted by atomic mass is 9.59. The molecule has 2 aliphatic carbocycles. The van der Waals surface area contributed by atoms with E-state index >= 15 is 0 Å². The highest BCUT2D eigenvalue weighted by Crippen LogP contribution is 2.49. The molecule has 0 bridgehead atoms. The number of hydrogen-bond donors (Lipinski definition) is 0. The predicted octanol–water partition coefficient (Wildman–Crippen LogP) is 4.38. The van der Waals surface area contributed by atoms with Crippen LogP contribution in [0, 0.1) is 22.8 Å². The molecule has 0 aromatic rings. The van der Waals surface area contributed by atoms with E-state index in [0.29, 0.717) is 6.42 Å². The van der Waals surface area contributed by atoms with Crippen LogP contribution in [0.1, 0.15) is 25.7 Å². The van der Waals surface area contributed by atoms with Gasteiger partial charge in [0.15, 0.2) is 5.78 Å². The second-order valence-corrected chi connectivity index (χ2v) is 18.3. The van der Waals surface area contributed by atoms with Crippen molar-refractivity contribution in [3.63, 3.8) is 0 Å². The van der Waals surface area contributed by atoms with Crippen molar-refractivity contribution in [1.82, 2.24) is 0 Å². The Kier molecular flexibility index (Phi) is 5.53. The first kappa shape index (κ1) is 19.5. The van der Waals surface area contributed by atoms with E-state index in [4.69, 9.17) is 9.16 Å². The predicted molar refractivity (Wildman–Crippen MR) is 104 cm³/mol. The van der Waals surface area contributed by atoms with Gasteiger partial charge in [0.2, 0.25) is 8.32 Å². The summed E-state index contributed by atoms with van der Waals surface area (Å²) in [6, 6.07) is 0. The van der Waals surface area contributed by atoms with Gasteiger partial charge in [-0.15, -0.1) is 5.54 Å². The average Bonchev–Trinajstić information content (AvgIpc) is 2.42. The zero-order valence-electron chi connectivity index (χ0n) is 16.3. The van der Waals surface area contributed by atoms with Crippen molar-refractivity contribution in [3.05, 3.63) is 11.8 Å². The number of rotatable bonds is 3. The number of ketones is 1. The Labute approximate surface area is 149 Å². The van der Waals surface area contributed by atoms with E-state index in [1.807, 2.05) is 6.08 Å². The number of carbonyl (C=O) groups excluding carboxylic acids is 1. The van der Waals surface area contributed by atoms with Crippen molar-refractivity contribution in [3.8, 4) is 11.5 Å². The minimum absolute atomic E-state index is 0.212. The van der Waals surface area contributed by atoms with Gasteiger partial charge in [-0.2, -0.15) is 0 Å². The van der Waals surface area contributed by atoms with Gasteiger partial charge < -0.3 is 9.16 Å². The zero-order valence-corrected chi connectivity index (χ0v) is 18.3. The molecule has 0 aromatic carbocycles. The maximum atomic E-state index is 13.0. The first-order valence-electron chi connectivity index (χ1n) is 8.98. The molecule has 0 radical (unpaired) electrons. The molecule has 134 valence electrons. The van der Waals surface area contributed by atoms with Crippen LogP contribution in [-0.4, -0.2) is 35.4 Å². The molecule has 0 unspecified atom stereocenters. The largest absolute Gasteiger partial charge is 0.547 e. The van der Waals surface area contributed by atoms with E-state index in [-0.39, 0.29) is 17.8 Å². The molecule has 0 amide bonds. The Balaban J connectivity index is 2.49. The molecule has 0 spiro atoms. The number of ether oxygens (including phenoxy) is 1. The first-order chi connectivity index (χ1) is 11.0. The fraction of sp³-hybridized carbons (Fsp3) is 0.737. The van der Waals surface area contributed by atoms with Crippen LogP contribution in [-0.2, 0) is 14.0 Å². The average molecular weight is 365 g/mol. The summed E-state index contributed by atoms with van der Waals surface area (Å²) in [6.07, 6.45) is 5.16. The van der Waals surface area contributed by atoms with Crippen molar-refractivity contribution >= 4 is 22.2 Å². The molecule has 0 heterocycles. The summed E-state index contributed by atoms with van der Waals surface area (Å²) >= 11 is 0. The number of Topliss-reactive ketones (excluding diaryl/α,β-unsaturated/α-hetero) is 1. The highest BCUT2D eigenvalue weighted by Gasteiger charge is 2.54. The Morgan fingerprint density at radius 1 is 1.21 bits per heavy atom. The molecule has 24 heavy (non-hydrogen) atoms. The zero-order chi connectivity index (χ0) is 18.2. The molecule has 0 aliphatic heterocycles. The van der Waals surface area contributed by atoms with Crippen molar-refractivity contribution in [1.29, 1.82) is 0 Å². The fourth-order valence-corrected chi connectivity index (χ4v) is 5.21. The van der Waals surface area contributed by atoms with Crippen LogP contribution in [0.5, 0.6) is 0 Å². The summed E-state index contributed by atoms with van der Waals surface area (Å²) in [5.41, 5.74) is 2.80. The van der Waals surface area contributed by atoms with Crippen LogP contribution in [0.3, 0.4) is 0 Å². The molecule has 2 aliphatic rings. The van der Waals surface area contributed by atoms with E-state index in [2.05, 4.69) is 50.7 Å². The smallest absolute Gasteiger partial charge is 0.241 e. The minimum Gasteiger partial charge on any atom is -0.547 e. The van der Waals surface area contributed by atoms with Crippen LogP contribution >= 0.6 is 0 Å². The molecule has 0 saturated heterocycles. The third-order valence-corrected chi connectivity index (χ3v) is 6.38. The summed E-state index contributed by atoms with van der Waals surface area (Å²) in [4.78, 5) is 13.0. The molecule has 0 aromatic heterocycles. The quantitative estimate of drug-likeness (QED) is 0.551. The van der Waals surface area contributed by atoms with Gasteiger partial charge in [-0.25, -0.2) is 0 Å². The SMILES string of the molecule is CO[C@H]1C=C(O[Si](C)(C)C)C[C@H]2CCCC(=O)[C@]21C#C[Si](C)(C)C. The first-order valence-corrected chi connectivity index (χ1v) is 15.9. The maximum absolute atomic E-state index is 13.0. The molecule has 1 saturated carbocycles. The monoisotopic (exact) mass is 364 g/mol. The highest BCUT2D eigenvalue weighted by atomic mass is 28.4. The second-order valence-electron chi connectivity index (χ2n) is 9.09. The van der Waals surface area contributed by atoms with Crippen molar-refractivity contribution in [2.75, 3.05) is 7.11 Å². The van der Waals surface area contributed by atoms with E-state index in [1.165, 1.54) is 0 Å². The Morgan fingerprint density at radius 2 is 1.88 bits per heavy atom. The van der Waals surface area contributed by atoms with Crippen molar-refractivity contribution < 1.29 is 14.0 Å². The third-order valence-electron chi connectivity index (χ3n) is 4.63. The van der Waals surface area contributed by atoms with Gasteiger partial charge in [-0.05, 0) is 44.5 Å². The van der Waals surface area contributed by atoms with Crippen molar-refractivity contribution in [2.45, 2.75) is 71.1 Å². The second kappa shape index (κ2) is 6.82. The minimum atomic E-state index is -1.67. The Hall–Kier alpha value is -0.836. The number of allylic oxidation sites excluding steroid dienone is 1. The van der Waals surface area contributed by atoms with Crippen LogP contribution < -0.4 is 0 Å². The normalized spacial score (nSPS) is 30.8. The van der Waals surface area contributed by atoms with E-state index in [9.17, 15) is 4.79 Å². The summed E-state index contributed by atoms with van der Waals surface area (Å²) in [5.74, 6) is 4.94. The highest BCUT2D eigenvalue weighted by molar-refractivity contribution is 6.83. The Bertz CT molecular complexity index is 586. The van der Waals surface area contributed by atoms with Crippen LogP contribution in [0.25, 0.3) is 0 Å². The Morgan fingerprint density at radius 3 is 2.42 bits per heavy atom. The topological polar surface area (TPSA) is 35.5 Å². The van der Waals surface area contributed by atoms with Gasteiger partial charge in [0.25, 0.3) is 0 Å². The molecule has 1 fully saturated rings.